The van der Waals surface area contributed by atoms with Gasteiger partial charge in [0.1, 0.15) is 15.6 Å². The molecule has 0 bridgehead atoms. The van der Waals surface area contributed by atoms with Crippen LogP contribution in [0.15, 0.2) is 0 Å². The number of halogens is 6. The highest BCUT2D eigenvalue weighted by molar-refractivity contribution is 7.97. The Morgan fingerprint density at radius 3 is 0.655 bits per heavy atom. The topological polar surface area (TPSA) is 86.7 Å². The normalized spacial score (nSPS) is 11.9. The smallest absolute Gasteiger partial charge is 0.402 e. The number of sulfone groups is 1. The molecule has 0 aromatic heterocycles. The average Bonchev–Trinajstić information content (AvgIpc) is 2.64. The Bertz CT molecular complexity index is 921. The number of ketones is 1. The molecule has 0 spiro atoms. The van der Waals surface area contributed by atoms with E-state index in [0.29, 0.717) is 10.8 Å². The molecular weight excluding hydrogens is 834 g/mol. The number of Topliss-reactive ketones (excluding diaryl/α,β-unsaturated/α-hetero) is 1. The van der Waals surface area contributed by atoms with Gasteiger partial charge in [0.15, 0.2) is 22.0 Å². The fourth-order valence-electron chi connectivity index (χ4n) is 1.08. The van der Waals surface area contributed by atoms with E-state index in [0.717, 1.165) is 12.5 Å². The number of hydrogen-bond donors (Lipinski definition) is 0. The van der Waals surface area contributed by atoms with Crippen LogP contribution in [0.4, 0.5) is 26.3 Å². The van der Waals surface area contributed by atoms with Gasteiger partial charge in [0.2, 0.25) is 0 Å². The summed E-state index contributed by atoms with van der Waals surface area (Å²) in [4.78, 5) is 9.44. The zero-order chi connectivity index (χ0) is 48.7. The number of alkyl halides is 6. The van der Waals surface area contributed by atoms with Crippen LogP contribution in [0.1, 0.15) is 83.1 Å². The lowest BCUT2D eigenvalue weighted by Gasteiger charge is -2.29. The third-order valence-corrected chi connectivity index (χ3v) is 6.93. The second-order valence-electron chi connectivity index (χ2n) is 20.7. The van der Waals surface area contributed by atoms with Crippen LogP contribution in [-0.4, -0.2) is 110 Å². The van der Waals surface area contributed by atoms with Gasteiger partial charge in [-0.05, 0) is 110 Å². The van der Waals surface area contributed by atoms with Crippen LogP contribution in [0.2, 0.25) is 65.5 Å². The zero-order valence-electron chi connectivity index (χ0n) is 41.5. The van der Waals surface area contributed by atoms with Crippen LogP contribution in [0, 0.1) is 16.2 Å². The standard InChI is InChI=1S/C6H18OSi2.C5H6F6.2C5H12.C4H12Si.C3H9OP.C3H6O.C2H6O2S.C2H6O.C2H6S/c1-8(2,3)7-9(4,5)6;1-3(2,4(6,7)8)5(9,10)11;4*1-5(2,3)4;1-3(2)4;1-5(2,3)4;2*1-3-2/h1-6H3;1-2H3;3*1-4H3;1-3H3;1-2H3;1-2H3;2*1-2H3. The number of hydrogen-bond acceptors (Lipinski definition) is 7. The minimum absolute atomic E-state index is 0.104. The van der Waals surface area contributed by atoms with E-state index in [4.69, 9.17) is 4.12 Å². The van der Waals surface area contributed by atoms with Crippen molar-refractivity contribution in [2.45, 2.75) is 161 Å². The van der Waals surface area contributed by atoms with E-state index in [-0.39, 0.29) is 19.6 Å². The molecule has 0 aromatic carbocycles. The molecule has 6 nitrogen and oxygen atoms in total. The van der Waals surface area contributed by atoms with Crippen molar-refractivity contribution < 1.29 is 53.0 Å². The highest BCUT2D eigenvalue weighted by Crippen LogP contribution is 2.49. The molecule has 0 atom stereocenters. The molecule has 18 heteroatoms. The Morgan fingerprint density at radius 2 is 0.655 bits per heavy atom. The van der Waals surface area contributed by atoms with Gasteiger partial charge in [-0.3, -0.25) is 0 Å². The molecule has 0 aliphatic heterocycles. The van der Waals surface area contributed by atoms with Gasteiger partial charge in [0, 0.05) is 34.8 Å². The SMILES string of the molecule is CC(C)(C(F)(F)F)C(F)(F)F.CC(C)(C)C.CC(C)(C)C.CC(C)=O.COC.CP(C)(C)=O.CS(C)(=O)=O.CSC.C[Si](C)(C)C.C[Si](C)(C)O[Si](C)(C)C. The molecule has 0 aliphatic carbocycles. The summed E-state index contributed by atoms with van der Waals surface area (Å²) in [6, 6.07) is 0. The Morgan fingerprint density at radius 1 is 0.582 bits per heavy atom. The predicted molar refractivity (Wildman–Crippen MR) is 248 cm³/mol. The van der Waals surface area contributed by atoms with E-state index in [9.17, 15) is 44.1 Å². The summed E-state index contributed by atoms with van der Waals surface area (Å²) in [6.07, 6.45) is -4.09. The number of methoxy groups -OCH3 is 1. The zero-order valence-corrected chi connectivity index (χ0v) is 47.0. The summed E-state index contributed by atoms with van der Waals surface area (Å²) < 4.78 is 109. The third kappa shape index (κ3) is 251. The molecule has 0 saturated heterocycles. The van der Waals surface area contributed by atoms with Crippen LogP contribution in [0.5, 0.6) is 0 Å². The van der Waals surface area contributed by atoms with E-state index in [1.54, 1.807) is 46.0 Å². The second kappa shape index (κ2) is 35.1. The Hall–Kier alpha value is 0.351. The maximum absolute atomic E-state index is 11.6. The van der Waals surface area contributed by atoms with Gasteiger partial charge in [-0.1, -0.05) is 81.6 Å². The minimum Gasteiger partial charge on any atom is -0.456 e. The number of carbonyl (C=O) groups excluding carboxylic acids is 1. The van der Waals surface area contributed by atoms with Crippen molar-refractivity contribution in [3.8, 4) is 0 Å². The van der Waals surface area contributed by atoms with Gasteiger partial charge < -0.3 is 18.2 Å². The Balaban J connectivity index is -0.0000000527. The Labute approximate surface area is 347 Å². The molecule has 0 radical (unpaired) electrons. The van der Waals surface area contributed by atoms with Crippen LogP contribution in [0.3, 0.4) is 0 Å². The first-order valence-electron chi connectivity index (χ1n) is 17.6. The molecule has 0 heterocycles. The summed E-state index contributed by atoms with van der Waals surface area (Å²) >= 11 is 1.75. The van der Waals surface area contributed by atoms with Crippen molar-refractivity contribution in [3.63, 3.8) is 0 Å². The minimum atomic E-state index is -5.24. The fraction of sp³-hybridized carbons (Fsp3) is 0.973. The molecule has 348 valence electrons. The van der Waals surface area contributed by atoms with Gasteiger partial charge in [0.05, 0.1) is 7.14 Å². The molecule has 0 amide bonds. The number of thioether (sulfide) groups is 1. The number of rotatable bonds is 2. The number of carbonyl (C=O) groups is 1. The second-order valence-corrected chi connectivity index (χ2v) is 42.9. The first-order valence-corrected chi connectivity index (χ1v) is 35.4. The van der Waals surface area contributed by atoms with Crippen molar-refractivity contribution in [2.24, 2.45) is 16.2 Å². The molecule has 0 unspecified atom stereocenters. The lowest BCUT2D eigenvalue weighted by atomic mass is 9.92. The summed E-state index contributed by atoms with van der Waals surface area (Å²) in [5, 5.41) is 0. The summed E-state index contributed by atoms with van der Waals surface area (Å²) in [7, 11) is -4.13. The van der Waals surface area contributed by atoms with Crippen molar-refractivity contribution in [2.75, 3.05) is 59.2 Å². The highest BCUT2D eigenvalue weighted by Gasteiger charge is 2.64. The average molecular weight is 927 g/mol. The van der Waals surface area contributed by atoms with E-state index < -0.39 is 59.5 Å². The van der Waals surface area contributed by atoms with Crippen molar-refractivity contribution in [1.29, 1.82) is 0 Å². The molecule has 0 fully saturated rings. The monoisotopic (exact) mass is 927 g/mol. The fourth-order valence-corrected chi connectivity index (χ4v) is 8.43. The predicted octanol–water partition coefficient (Wildman–Crippen LogP) is 14.6. The largest absolute Gasteiger partial charge is 0.456 e. The van der Waals surface area contributed by atoms with Crippen LogP contribution < -0.4 is 0 Å². The summed E-state index contributed by atoms with van der Waals surface area (Å²) in [5.74, 6) is 0.167. The molecule has 0 aromatic rings. The highest BCUT2D eigenvalue weighted by atomic mass is 32.2. The van der Waals surface area contributed by atoms with Gasteiger partial charge in [-0.25, -0.2) is 8.42 Å². The number of ether oxygens (including phenoxy) is 1. The van der Waals surface area contributed by atoms with Crippen LogP contribution in [-0.2, 0) is 28.0 Å². The van der Waals surface area contributed by atoms with E-state index in [1.807, 2.05) is 12.5 Å². The van der Waals surface area contributed by atoms with E-state index in [1.165, 1.54) is 13.8 Å². The quantitative estimate of drug-likeness (QED) is 0.155. The molecule has 0 N–H and O–H groups in total. The first kappa shape index (κ1) is 79.5. The van der Waals surface area contributed by atoms with Gasteiger partial charge >= 0.3 is 12.4 Å². The van der Waals surface area contributed by atoms with Crippen molar-refractivity contribution in [1.82, 2.24) is 0 Å². The lowest BCUT2D eigenvalue weighted by Crippen LogP contribution is -2.44. The molecule has 0 aliphatic rings. The van der Waals surface area contributed by atoms with E-state index >= 15 is 0 Å². The van der Waals surface area contributed by atoms with Crippen molar-refractivity contribution in [3.05, 3.63) is 0 Å². The molecule has 55 heavy (non-hydrogen) atoms. The molecule has 0 rings (SSSR count). The third-order valence-electron chi connectivity index (χ3n) is 2.03. The summed E-state index contributed by atoms with van der Waals surface area (Å²) in [5.41, 5.74) is -2.62. The summed E-state index contributed by atoms with van der Waals surface area (Å²) in [6.45, 7) is 48.7. The van der Waals surface area contributed by atoms with Crippen LogP contribution >= 0.6 is 18.9 Å². The van der Waals surface area contributed by atoms with Gasteiger partial charge in [0.25, 0.3) is 0 Å². The maximum Gasteiger partial charge on any atom is 0.402 e. The Kier molecular flexibility index (Phi) is 50.8. The van der Waals surface area contributed by atoms with Crippen LogP contribution in [0.25, 0.3) is 0 Å². The van der Waals surface area contributed by atoms with E-state index in [2.05, 4.69) is 126 Å². The lowest BCUT2D eigenvalue weighted by molar-refractivity contribution is -0.327. The maximum atomic E-state index is 11.6. The molecular formula is C37H93F6O6PS2Si3. The first-order chi connectivity index (χ1) is 22.8. The molecule has 0 saturated carbocycles. The van der Waals surface area contributed by atoms with Gasteiger partial charge in [-0.2, -0.15) is 38.1 Å². The van der Waals surface area contributed by atoms with Gasteiger partial charge in [-0.15, -0.1) is 0 Å². The van der Waals surface area contributed by atoms with Crippen molar-refractivity contribution >= 4 is 59.2 Å².